The summed E-state index contributed by atoms with van der Waals surface area (Å²) in [6.45, 7) is 12.1. The highest BCUT2D eigenvalue weighted by atomic mass is 28.4. The zero-order valence-corrected chi connectivity index (χ0v) is 31.4. The molecule has 0 N–H and O–H groups in total. The van der Waals surface area contributed by atoms with E-state index in [9.17, 15) is 9.59 Å². The molecule has 0 radical (unpaired) electrons. The van der Waals surface area contributed by atoms with E-state index in [1.165, 1.54) is 116 Å². The Hall–Kier alpha value is -0.706. The van der Waals surface area contributed by atoms with Crippen molar-refractivity contribution in [1.29, 1.82) is 0 Å². The Morgan fingerprint density at radius 2 is 0.587 bits per heavy atom. The molecule has 0 aliphatic heterocycles. The van der Waals surface area contributed by atoms with Gasteiger partial charge < -0.3 is 17.7 Å². The molecule has 46 heavy (non-hydrogen) atoms. The van der Waals surface area contributed by atoms with Crippen LogP contribution in [0.15, 0.2) is 0 Å². The van der Waals surface area contributed by atoms with Gasteiger partial charge in [-0.1, -0.05) is 172 Å². The monoisotopic (exact) mass is 697 g/mol. The van der Waals surface area contributed by atoms with Crippen molar-refractivity contribution in [2.45, 2.75) is 224 Å². The van der Waals surface area contributed by atoms with Gasteiger partial charge in [-0.25, -0.2) is 0 Å². The van der Waals surface area contributed by atoms with Gasteiger partial charge in [0.25, 0.3) is 11.9 Å². The molecule has 0 saturated heterocycles. The van der Waals surface area contributed by atoms with Crippen LogP contribution in [-0.4, -0.2) is 43.3 Å². The van der Waals surface area contributed by atoms with Crippen LogP contribution in [-0.2, 0) is 27.3 Å². The summed E-state index contributed by atoms with van der Waals surface area (Å²) >= 11 is 0. The van der Waals surface area contributed by atoms with E-state index < -0.39 is 17.1 Å². The molecular weight excluding hydrogens is 609 g/mol. The molecule has 0 unspecified atom stereocenters. The van der Waals surface area contributed by atoms with Crippen LogP contribution < -0.4 is 0 Å². The molecule has 0 aliphatic rings. The van der Waals surface area contributed by atoms with Gasteiger partial charge in [0.05, 0.1) is 0 Å². The van der Waals surface area contributed by atoms with Crippen LogP contribution in [0, 0.1) is 0 Å². The third-order valence-corrected chi connectivity index (χ3v) is 11.1. The molecule has 8 heteroatoms. The molecule has 0 fully saturated rings. The first kappa shape index (κ1) is 57.6. The van der Waals surface area contributed by atoms with Gasteiger partial charge in [0.15, 0.2) is 0 Å². The minimum Gasteiger partial charge on any atom is -0.494 e. The maximum Gasteiger partial charge on any atom is 0.394 e. The minimum absolute atomic E-state index is 0. The largest absolute Gasteiger partial charge is 0.494 e. The van der Waals surface area contributed by atoms with E-state index >= 15 is 0 Å². The van der Waals surface area contributed by atoms with Gasteiger partial charge in [0, 0.05) is 27.1 Å². The Morgan fingerprint density at radius 1 is 0.391 bits per heavy atom. The predicted octanol–water partition coefficient (Wildman–Crippen LogP) is 13.7. The average molecular weight is 697 g/mol. The molecule has 0 heterocycles. The van der Waals surface area contributed by atoms with Gasteiger partial charge in [0.1, 0.15) is 0 Å². The zero-order valence-electron chi connectivity index (χ0n) is 29.4. The predicted molar refractivity (Wildman–Crippen MR) is 210 cm³/mol. The summed E-state index contributed by atoms with van der Waals surface area (Å²) < 4.78 is 21.1. The van der Waals surface area contributed by atoms with E-state index in [-0.39, 0.29) is 41.6 Å². The van der Waals surface area contributed by atoms with Gasteiger partial charge in [-0.2, -0.15) is 0 Å². The summed E-state index contributed by atoms with van der Waals surface area (Å²) in [6.07, 6.45) is 29.7. The van der Waals surface area contributed by atoms with E-state index in [0.717, 1.165) is 25.7 Å². The smallest absolute Gasteiger partial charge is 0.394 e. The Morgan fingerprint density at radius 3 is 0.783 bits per heavy atom. The second-order valence-electron chi connectivity index (χ2n) is 12.7. The molecule has 6 nitrogen and oxygen atoms in total. The summed E-state index contributed by atoms with van der Waals surface area (Å²) in [5.74, 6) is -0.190. The highest BCUT2D eigenvalue weighted by Crippen LogP contribution is 2.15. The maximum absolute atomic E-state index is 11.7. The normalized spacial score (nSPS) is 10.6. The summed E-state index contributed by atoms with van der Waals surface area (Å²) in [4.78, 5) is 23.2. The average Bonchev–Trinajstić information content (AvgIpc) is 2.94. The Bertz CT molecular complexity index is 614. The molecule has 0 aromatic rings. The molecule has 0 aromatic heterocycles. The van der Waals surface area contributed by atoms with Crippen molar-refractivity contribution < 1.29 is 27.3 Å². The van der Waals surface area contributed by atoms with Crippen LogP contribution in [0.4, 0.5) is 0 Å². The Kier molecular flexibility index (Phi) is 50.6. The topological polar surface area (TPSA) is 71.1 Å². The first-order valence-corrected chi connectivity index (χ1v) is 23.2. The van der Waals surface area contributed by atoms with Crippen molar-refractivity contribution >= 4 is 29.1 Å². The molecule has 0 atom stereocenters. The zero-order chi connectivity index (χ0) is 32.0. The van der Waals surface area contributed by atoms with Crippen LogP contribution in [0.5, 0.6) is 0 Å². The SMILES string of the molecule is C.C.C.C.CCCCCCCCCC(=O)O[Si](C)(C)OC.CCCCCCCCCCCCCCCCCC(=O)O[Si](C)(C)OC. The number of hydrogen-bond donors (Lipinski definition) is 0. The quantitative estimate of drug-likeness (QED) is 0.0599. The van der Waals surface area contributed by atoms with Gasteiger partial charge in [-0.15, -0.1) is 0 Å². The van der Waals surface area contributed by atoms with Crippen LogP contribution >= 0.6 is 0 Å². The number of carbonyl (C=O) groups excluding carboxylic acids is 2. The molecular formula is C38H88O6Si2. The van der Waals surface area contributed by atoms with Crippen molar-refractivity contribution in [3.8, 4) is 0 Å². The first-order valence-electron chi connectivity index (χ1n) is 17.6. The summed E-state index contributed by atoms with van der Waals surface area (Å²) in [5.41, 5.74) is 0. The molecule has 0 aromatic carbocycles. The van der Waals surface area contributed by atoms with Crippen molar-refractivity contribution in [2.75, 3.05) is 14.2 Å². The van der Waals surface area contributed by atoms with E-state index in [1.807, 2.05) is 26.2 Å². The lowest BCUT2D eigenvalue weighted by molar-refractivity contribution is -0.137. The van der Waals surface area contributed by atoms with E-state index in [4.69, 9.17) is 17.7 Å². The van der Waals surface area contributed by atoms with Gasteiger partial charge in [0.2, 0.25) is 0 Å². The van der Waals surface area contributed by atoms with Gasteiger partial charge >= 0.3 is 17.1 Å². The number of rotatable bonds is 28. The first-order chi connectivity index (χ1) is 20.0. The number of unbranched alkanes of at least 4 members (excludes halogenated alkanes) is 20. The highest BCUT2D eigenvalue weighted by molar-refractivity contribution is 6.66. The van der Waals surface area contributed by atoms with Crippen molar-refractivity contribution in [3.63, 3.8) is 0 Å². The van der Waals surface area contributed by atoms with E-state index in [0.29, 0.717) is 12.8 Å². The minimum atomic E-state index is -2.20. The fourth-order valence-corrected chi connectivity index (χ4v) is 6.07. The number of hydrogen-bond acceptors (Lipinski definition) is 6. The Labute approximate surface area is 293 Å². The molecule has 0 spiro atoms. The second kappa shape index (κ2) is 40.5. The van der Waals surface area contributed by atoms with Crippen molar-refractivity contribution in [1.82, 2.24) is 0 Å². The fourth-order valence-electron chi connectivity index (χ4n) is 4.60. The Balaban J connectivity index is -0.000000169. The lowest BCUT2D eigenvalue weighted by Gasteiger charge is -2.19. The van der Waals surface area contributed by atoms with Crippen LogP contribution in [0.3, 0.4) is 0 Å². The fraction of sp³-hybridized carbons (Fsp3) is 0.947. The molecule has 0 aliphatic carbocycles. The number of carbonyl (C=O) groups is 2. The molecule has 0 rings (SSSR count). The molecule has 0 amide bonds. The van der Waals surface area contributed by atoms with Crippen LogP contribution in [0.1, 0.15) is 198 Å². The van der Waals surface area contributed by atoms with Crippen LogP contribution in [0.25, 0.3) is 0 Å². The highest BCUT2D eigenvalue weighted by Gasteiger charge is 2.27. The maximum atomic E-state index is 11.7. The van der Waals surface area contributed by atoms with Crippen LogP contribution in [0.2, 0.25) is 26.2 Å². The summed E-state index contributed by atoms with van der Waals surface area (Å²) in [7, 11) is -1.15. The van der Waals surface area contributed by atoms with E-state index in [1.54, 1.807) is 14.2 Å². The van der Waals surface area contributed by atoms with Crippen molar-refractivity contribution in [2.24, 2.45) is 0 Å². The summed E-state index contributed by atoms with van der Waals surface area (Å²) in [5, 5.41) is 0. The van der Waals surface area contributed by atoms with Gasteiger partial charge in [-0.05, 0) is 39.0 Å². The lowest BCUT2D eigenvalue weighted by Crippen LogP contribution is -2.35. The molecule has 0 bridgehead atoms. The lowest BCUT2D eigenvalue weighted by atomic mass is 10.0. The second-order valence-corrected chi connectivity index (χ2v) is 19.6. The van der Waals surface area contributed by atoms with E-state index in [2.05, 4.69) is 13.8 Å². The molecule has 0 saturated carbocycles. The standard InChI is InChI=1S/C21H44O3Si.C13H28O3Si.4CH4/c1-5-6-7-8-9-10-11-12-13-14-15-16-17-18-19-20-21(22)24-25(3,4)23-2;1-5-6-7-8-9-10-11-12-13(14)16-17(3,4)15-2;;;;/h5-20H2,1-4H3;5-12H2,1-4H3;4*1H4. The third kappa shape index (κ3) is 45.4. The van der Waals surface area contributed by atoms with Gasteiger partial charge in [-0.3, -0.25) is 9.59 Å². The molecule has 284 valence electrons. The third-order valence-electron chi connectivity index (χ3n) is 7.67. The summed E-state index contributed by atoms with van der Waals surface area (Å²) in [6, 6.07) is 0. The van der Waals surface area contributed by atoms with Crippen molar-refractivity contribution in [3.05, 3.63) is 0 Å².